The van der Waals surface area contributed by atoms with Crippen molar-refractivity contribution in [3.8, 4) is 0 Å². The smallest absolute Gasteiger partial charge is 0.214 e. The number of aromatic nitrogens is 3. The van der Waals surface area contributed by atoms with Crippen molar-refractivity contribution in [3.63, 3.8) is 0 Å². The molecule has 158 valence electrons. The van der Waals surface area contributed by atoms with Gasteiger partial charge in [0, 0.05) is 38.5 Å². The number of fused-ring (bicyclic) bond motifs is 3. The van der Waals surface area contributed by atoms with E-state index in [2.05, 4.69) is 19.9 Å². The summed E-state index contributed by atoms with van der Waals surface area (Å²) in [5.74, 6) is 1.39. The molecular formula is C20H29N5O3S. The maximum absolute atomic E-state index is 13.2. The third-order valence-corrected chi connectivity index (χ3v) is 9.28. The number of nitrogens with one attached hydrogen (secondary N) is 1. The largest absolute Gasteiger partial charge is 0.381 e. The van der Waals surface area contributed by atoms with E-state index < -0.39 is 10.0 Å². The summed E-state index contributed by atoms with van der Waals surface area (Å²) < 4.78 is 33.7. The van der Waals surface area contributed by atoms with Crippen LogP contribution < -0.4 is 4.90 Å². The minimum absolute atomic E-state index is 0.130. The third-order valence-electron chi connectivity index (χ3n) is 7.15. The Morgan fingerprint density at radius 2 is 1.93 bits per heavy atom. The predicted molar refractivity (Wildman–Crippen MR) is 111 cm³/mol. The van der Waals surface area contributed by atoms with E-state index in [9.17, 15) is 8.42 Å². The number of nitrogens with zero attached hydrogens (tertiary/aromatic N) is 4. The van der Waals surface area contributed by atoms with Gasteiger partial charge in [-0.1, -0.05) is 0 Å². The number of sulfonamides is 1. The van der Waals surface area contributed by atoms with Gasteiger partial charge >= 0.3 is 0 Å². The Bertz CT molecular complexity index is 973. The SMILES string of the molecule is COC1CC2CCC(C1)N2S(=O)(=O)CC1CC(N(C)c2ncnc3[nH]ccc23)C1. The summed E-state index contributed by atoms with van der Waals surface area (Å²) in [4.78, 5) is 14.0. The number of hydrogen-bond acceptors (Lipinski definition) is 6. The molecule has 2 unspecified atom stereocenters. The van der Waals surface area contributed by atoms with Gasteiger partial charge in [-0.15, -0.1) is 0 Å². The van der Waals surface area contributed by atoms with Crippen molar-refractivity contribution in [2.24, 2.45) is 5.92 Å². The lowest BCUT2D eigenvalue weighted by molar-refractivity contribution is 0.0347. The van der Waals surface area contributed by atoms with Crippen LogP contribution in [-0.2, 0) is 14.8 Å². The highest BCUT2D eigenvalue weighted by Crippen LogP contribution is 2.41. The highest BCUT2D eigenvalue weighted by Gasteiger charge is 2.48. The molecule has 29 heavy (non-hydrogen) atoms. The minimum Gasteiger partial charge on any atom is -0.381 e. The van der Waals surface area contributed by atoms with Crippen molar-refractivity contribution in [1.82, 2.24) is 19.3 Å². The molecule has 2 saturated heterocycles. The van der Waals surface area contributed by atoms with Gasteiger partial charge in [0.15, 0.2) is 0 Å². The number of ether oxygens (including phenoxy) is 1. The molecule has 0 spiro atoms. The lowest BCUT2D eigenvalue weighted by Crippen LogP contribution is -2.52. The molecule has 0 radical (unpaired) electrons. The van der Waals surface area contributed by atoms with Crippen molar-refractivity contribution in [1.29, 1.82) is 0 Å². The molecule has 2 aromatic heterocycles. The van der Waals surface area contributed by atoms with Gasteiger partial charge in [-0.2, -0.15) is 4.31 Å². The fourth-order valence-electron chi connectivity index (χ4n) is 5.58. The van der Waals surface area contributed by atoms with Crippen LogP contribution >= 0.6 is 0 Å². The number of methoxy groups -OCH3 is 1. The van der Waals surface area contributed by atoms with Crippen LogP contribution in [0.4, 0.5) is 5.82 Å². The molecule has 1 aliphatic carbocycles. The first-order valence-electron chi connectivity index (χ1n) is 10.5. The van der Waals surface area contributed by atoms with E-state index >= 15 is 0 Å². The first-order valence-corrected chi connectivity index (χ1v) is 12.1. The summed E-state index contributed by atoms with van der Waals surface area (Å²) in [6, 6.07) is 2.57. The number of anilines is 1. The molecule has 5 rings (SSSR count). The van der Waals surface area contributed by atoms with Crippen molar-refractivity contribution in [3.05, 3.63) is 18.6 Å². The Labute approximate surface area is 171 Å². The van der Waals surface area contributed by atoms with Crippen molar-refractivity contribution in [2.75, 3.05) is 24.8 Å². The van der Waals surface area contributed by atoms with Crippen molar-refractivity contribution < 1.29 is 13.2 Å². The molecule has 2 aromatic rings. The number of piperidine rings is 1. The Kier molecular flexibility index (Phi) is 4.79. The second-order valence-corrected chi connectivity index (χ2v) is 10.8. The summed E-state index contributed by atoms with van der Waals surface area (Å²) in [6.07, 6.45) is 9.04. The quantitative estimate of drug-likeness (QED) is 0.771. The molecular weight excluding hydrogens is 390 g/mol. The van der Waals surface area contributed by atoms with Gasteiger partial charge in [0.1, 0.15) is 17.8 Å². The standard InChI is InChI=1S/C20H29N5O3S/c1-24(20-18-5-6-21-19(18)22-12-23-20)16-7-13(8-16)11-29(26,27)25-14-3-4-15(25)10-17(9-14)28-2/h5-6,12-17H,3-4,7-11H2,1-2H3,(H,21,22,23). The van der Waals surface area contributed by atoms with E-state index in [0.717, 1.165) is 55.4 Å². The molecule has 3 aliphatic rings. The summed E-state index contributed by atoms with van der Waals surface area (Å²) in [5.41, 5.74) is 0.829. The Balaban J connectivity index is 1.22. The van der Waals surface area contributed by atoms with Gasteiger partial charge < -0.3 is 14.6 Å². The molecule has 1 N–H and O–H groups in total. The number of hydrogen-bond donors (Lipinski definition) is 1. The number of aromatic amines is 1. The average molecular weight is 420 g/mol. The van der Waals surface area contributed by atoms with Crippen molar-refractivity contribution in [2.45, 2.75) is 62.8 Å². The fourth-order valence-corrected chi connectivity index (χ4v) is 7.91. The molecule has 1 saturated carbocycles. The minimum atomic E-state index is -3.22. The topological polar surface area (TPSA) is 91.4 Å². The Morgan fingerprint density at radius 1 is 1.21 bits per heavy atom. The molecule has 0 aromatic carbocycles. The zero-order valence-corrected chi connectivity index (χ0v) is 17.8. The van der Waals surface area contributed by atoms with Crippen LogP contribution in [0.2, 0.25) is 0 Å². The maximum Gasteiger partial charge on any atom is 0.214 e. The first kappa shape index (κ1) is 19.3. The molecule has 2 atom stereocenters. The van der Waals surface area contributed by atoms with E-state index in [-0.39, 0.29) is 29.9 Å². The third kappa shape index (κ3) is 3.33. The van der Waals surface area contributed by atoms with Crippen LogP contribution in [0.5, 0.6) is 0 Å². The monoisotopic (exact) mass is 419 g/mol. The lowest BCUT2D eigenvalue weighted by Gasteiger charge is -2.43. The lowest BCUT2D eigenvalue weighted by atomic mass is 9.81. The van der Waals surface area contributed by atoms with E-state index in [0.29, 0.717) is 6.04 Å². The normalized spacial score (nSPS) is 32.4. The molecule has 0 amide bonds. The Hall–Kier alpha value is -1.71. The van der Waals surface area contributed by atoms with E-state index in [1.54, 1.807) is 13.4 Å². The van der Waals surface area contributed by atoms with Crippen LogP contribution in [0.3, 0.4) is 0 Å². The van der Waals surface area contributed by atoms with E-state index in [1.807, 2.05) is 23.6 Å². The highest BCUT2D eigenvalue weighted by molar-refractivity contribution is 7.89. The molecule has 2 aliphatic heterocycles. The van der Waals surface area contributed by atoms with E-state index in [1.165, 1.54) is 0 Å². The highest BCUT2D eigenvalue weighted by atomic mass is 32.2. The summed E-state index contributed by atoms with van der Waals surface area (Å²) in [6.45, 7) is 0. The number of H-pyrrole nitrogens is 1. The molecule has 3 fully saturated rings. The Morgan fingerprint density at radius 3 is 2.62 bits per heavy atom. The fraction of sp³-hybridized carbons (Fsp3) is 0.700. The summed E-state index contributed by atoms with van der Waals surface area (Å²) >= 11 is 0. The van der Waals surface area contributed by atoms with Gasteiger partial charge in [0.05, 0.1) is 17.2 Å². The van der Waals surface area contributed by atoms with Gasteiger partial charge in [-0.05, 0) is 50.5 Å². The van der Waals surface area contributed by atoms with Crippen LogP contribution in [-0.4, -0.2) is 71.8 Å². The molecule has 2 bridgehead atoms. The van der Waals surface area contributed by atoms with Crippen molar-refractivity contribution >= 4 is 26.9 Å². The second-order valence-electron chi connectivity index (χ2n) is 8.86. The van der Waals surface area contributed by atoms with Gasteiger partial charge in [0.2, 0.25) is 10.0 Å². The predicted octanol–water partition coefficient (Wildman–Crippen LogP) is 2.14. The molecule has 9 heteroatoms. The van der Waals surface area contributed by atoms with E-state index in [4.69, 9.17) is 4.74 Å². The van der Waals surface area contributed by atoms with Gasteiger partial charge in [-0.3, -0.25) is 0 Å². The summed E-state index contributed by atoms with van der Waals surface area (Å²) in [7, 11) is 0.554. The van der Waals surface area contributed by atoms with Crippen LogP contribution in [0.25, 0.3) is 11.0 Å². The maximum atomic E-state index is 13.2. The van der Waals surface area contributed by atoms with Crippen LogP contribution in [0, 0.1) is 5.92 Å². The average Bonchev–Trinajstić information content (AvgIpc) is 3.26. The number of rotatable bonds is 6. The first-order chi connectivity index (χ1) is 14.0. The zero-order chi connectivity index (χ0) is 20.2. The van der Waals surface area contributed by atoms with Gasteiger partial charge in [-0.25, -0.2) is 18.4 Å². The van der Waals surface area contributed by atoms with Gasteiger partial charge in [0.25, 0.3) is 0 Å². The summed E-state index contributed by atoms with van der Waals surface area (Å²) in [5, 5.41) is 1.00. The zero-order valence-electron chi connectivity index (χ0n) is 17.0. The molecule has 8 nitrogen and oxygen atoms in total. The molecule has 4 heterocycles. The van der Waals surface area contributed by atoms with Crippen LogP contribution in [0.15, 0.2) is 18.6 Å². The second kappa shape index (κ2) is 7.21. The van der Waals surface area contributed by atoms with Crippen LogP contribution in [0.1, 0.15) is 38.5 Å².